The molecule has 1 aliphatic carbocycles. The lowest BCUT2D eigenvalue weighted by atomic mass is 9.87. The van der Waals surface area contributed by atoms with Gasteiger partial charge in [0.2, 0.25) is 0 Å². The van der Waals surface area contributed by atoms with Crippen molar-refractivity contribution < 1.29 is 0 Å². The zero-order valence-electron chi connectivity index (χ0n) is 16.2. The highest BCUT2D eigenvalue weighted by Crippen LogP contribution is 2.23. The summed E-state index contributed by atoms with van der Waals surface area (Å²) in [6, 6.07) is 7.24. The number of nitrogens with one attached hydrogen (secondary N) is 1. The standard InChI is InChI=1S/C19H28ClN.C2H4.C2H2/c1-4-15-8-11-18(16(5-2)12-15)19(20)13-21-17-9-6-14(3)7-10-17;2*1-2/h5,8,11-12,14,17,21H,4,6-7,9-10,13H2,1-3H3;1-2H2;1-2H/b16-5-,19-18+;;. The molecule has 0 saturated heterocycles. The fraction of sp³-hybridized carbons (Fsp3) is 0.478. The fourth-order valence-corrected chi connectivity index (χ4v) is 3.36. The fourth-order valence-electron chi connectivity index (χ4n) is 3.11. The summed E-state index contributed by atoms with van der Waals surface area (Å²) in [7, 11) is 0. The van der Waals surface area contributed by atoms with Gasteiger partial charge in [0.15, 0.2) is 0 Å². The van der Waals surface area contributed by atoms with Crippen LogP contribution in [0.5, 0.6) is 0 Å². The van der Waals surface area contributed by atoms with E-state index in [2.05, 4.69) is 76.4 Å². The number of rotatable bonds is 4. The molecule has 0 spiro atoms. The van der Waals surface area contributed by atoms with E-state index in [1.165, 1.54) is 41.7 Å². The molecule has 0 heterocycles. The maximum absolute atomic E-state index is 6.57. The van der Waals surface area contributed by atoms with Crippen LogP contribution in [-0.2, 0) is 6.42 Å². The molecule has 1 N–H and O–H groups in total. The van der Waals surface area contributed by atoms with Crippen LogP contribution >= 0.6 is 11.6 Å². The average molecular weight is 360 g/mol. The Morgan fingerprint density at radius 1 is 1.24 bits per heavy atom. The molecule has 2 rings (SSSR count). The summed E-state index contributed by atoms with van der Waals surface area (Å²) in [4.78, 5) is 0. The number of aryl methyl sites for hydroxylation is 1. The van der Waals surface area contributed by atoms with Gasteiger partial charge in [-0.1, -0.05) is 49.7 Å². The molecule has 0 unspecified atom stereocenters. The van der Waals surface area contributed by atoms with Crippen LogP contribution in [0.25, 0.3) is 11.1 Å². The minimum absolute atomic E-state index is 0.638. The Balaban J connectivity index is 0.00000134. The van der Waals surface area contributed by atoms with Gasteiger partial charge in [0.05, 0.1) is 0 Å². The van der Waals surface area contributed by atoms with Crippen LogP contribution in [0.4, 0.5) is 0 Å². The normalized spacial score (nSPS) is 21.3. The van der Waals surface area contributed by atoms with Gasteiger partial charge in [-0.2, -0.15) is 0 Å². The Morgan fingerprint density at radius 3 is 2.36 bits per heavy atom. The summed E-state index contributed by atoms with van der Waals surface area (Å²) >= 11 is 6.57. The number of terminal acetylenes is 1. The Morgan fingerprint density at radius 2 is 1.84 bits per heavy atom. The van der Waals surface area contributed by atoms with Gasteiger partial charge >= 0.3 is 0 Å². The summed E-state index contributed by atoms with van der Waals surface area (Å²) in [6.07, 6.45) is 16.5. The molecule has 1 fully saturated rings. The van der Waals surface area contributed by atoms with Crippen molar-refractivity contribution >= 4 is 22.7 Å². The number of benzene rings is 1. The van der Waals surface area contributed by atoms with E-state index in [0.29, 0.717) is 6.04 Å². The van der Waals surface area contributed by atoms with Gasteiger partial charge in [0, 0.05) is 17.6 Å². The smallest absolute Gasteiger partial charge is 0.0397 e. The van der Waals surface area contributed by atoms with Crippen LogP contribution in [0.1, 0.15) is 52.0 Å². The van der Waals surface area contributed by atoms with Crippen LogP contribution in [0.3, 0.4) is 0 Å². The Labute approximate surface area is 159 Å². The third-order valence-corrected chi connectivity index (χ3v) is 5.03. The van der Waals surface area contributed by atoms with Crippen LogP contribution in [-0.4, -0.2) is 12.6 Å². The first kappa shape index (κ1) is 23.5. The van der Waals surface area contributed by atoms with Gasteiger partial charge in [0.25, 0.3) is 0 Å². The molecule has 138 valence electrons. The molecule has 0 bridgehead atoms. The van der Waals surface area contributed by atoms with E-state index in [9.17, 15) is 0 Å². The van der Waals surface area contributed by atoms with Crippen LogP contribution < -0.4 is 15.8 Å². The van der Waals surface area contributed by atoms with Crippen molar-refractivity contribution in [2.45, 2.75) is 58.9 Å². The quantitative estimate of drug-likeness (QED) is 0.611. The first-order valence-electron chi connectivity index (χ1n) is 9.14. The molecule has 1 aromatic rings. The number of hydrogen-bond acceptors (Lipinski definition) is 1. The highest BCUT2D eigenvalue weighted by molar-refractivity contribution is 6.45. The van der Waals surface area contributed by atoms with E-state index in [4.69, 9.17) is 11.6 Å². The molecular formula is C23H34ClN. The lowest BCUT2D eigenvalue weighted by molar-refractivity contribution is 0.315. The highest BCUT2D eigenvalue weighted by atomic mass is 35.5. The summed E-state index contributed by atoms with van der Waals surface area (Å²) in [6.45, 7) is 13.4. The predicted octanol–water partition coefficient (Wildman–Crippen LogP) is 4.62. The van der Waals surface area contributed by atoms with E-state index in [0.717, 1.165) is 23.9 Å². The van der Waals surface area contributed by atoms with Crippen molar-refractivity contribution in [3.8, 4) is 12.8 Å². The minimum Gasteiger partial charge on any atom is -0.309 e. The van der Waals surface area contributed by atoms with Crippen molar-refractivity contribution in [1.82, 2.24) is 5.32 Å². The van der Waals surface area contributed by atoms with Crippen LogP contribution in [0, 0.1) is 18.8 Å². The second-order valence-corrected chi connectivity index (χ2v) is 6.76. The monoisotopic (exact) mass is 359 g/mol. The number of hydrogen-bond donors (Lipinski definition) is 1. The molecule has 1 nitrogen and oxygen atoms in total. The van der Waals surface area contributed by atoms with E-state index in [-0.39, 0.29) is 0 Å². The molecule has 2 heteroatoms. The molecule has 0 aliphatic heterocycles. The van der Waals surface area contributed by atoms with E-state index >= 15 is 0 Å². The molecule has 0 radical (unpaired) electrons. The molecule has 0 aromatic heterocycles. The zero-order chi connectivity index (χ0) is 19.2. The lowest BCUT2D eigenvalue weighted by Crippen LogP contribution is -2.36. The summed E-state index contributed by atoms with van der Waals surface area (Å²) in [5, 5.41) is 6.99. The first-order valence-corrected chi connectivity index (χ1v) is 9.52. The van der Waals surface area contributed by atoms with Crippen LogP contribution in [0.15, 0.2) is 31.4 Å². The molecule has 0 amide bonds. The minimum atomic E-state index is 0.638. The second-order valence-electron chi connectivity index (χ2n) is 6.31. The average Bonchev–Trinajstić information content (AvgIpc) is 2.69. The maximum Gasteiger partial charge on any atom is 0.0397 e. The molecule has 0 atom stereocenters. The summed E-state index contributed by atoms with van der Waals surface area (Å²) in [5.41, 5.74) is 1.37. The first-order chi connectivity index (χ1) is 12.1. The summed E-state index contributed by atoms with van der Waals surface area (Å²) in [5.74, 6) is 0.894. The van der Waals surface area contributed by atoms with Gasteiger partial charge in [-0.05, 0) is 60.9 Å². The van der Waals surface area contributed by atoms with Gasteiger partial charge in [-0.3, -0.25) is 0 Å². The van der Waals surface area contributed by atoms with Gasteiger partial charge < -0.3 is 5.32 Å². The summed E-state index contributed by atoms with van der Waals surface area (Å²) < 4.78 is 0. The van der Waals surface area contributed by atoms with E-state index in [1.54, 1.807) is 0 Å². The Kier molecular flexibility index (Phi) is 12.9. The van der Waals surface area contributed by atoms with Crippen molar-refractivity contribution in [2.75, 3.05) is 6.54 Å². The molecular weight excluding hydrogens is 326 g/mol. The third kappa shape index (κ3) is 7.95. The molecule has 1 aromatic carbocycles. The Bertz CT molecular complexity index is 621. The van der Waals surface area contributed by atoms with E-state index in [1.807, 2.05) is 0 Å². The molecule has 1 aliphatic rings. The molecule has 25 heavy (non-hydrogen) atoms. The van der Waals surface area contributed by atoms with Gasteiger partial charge in [-0.25, -0.2) is 0 Å². The van der Waals surface area contributed by atoms with Crippen molar-refractivity contribution in [2.24, 2.45) is 5.92 Å². The highest BCUT2D eigenvalue weighted by Gasteiger charge is 2.17. The SMILES string of the molecule is C#C.C/C=c1/cc(CC)cc/c1=C(\Cl)CNC1CCC(C)CC1.C=C. The van der Waals surface area contributed by atoms with Crippen molar-refractivity contribution in [1.29, 1.82) is 0 Å². The van der Waals surface area contributed by atoms with Gasteiger partial charge in [-0.15, -0.1) is 26.0 Å². The Hall–Kier alpha value is -1.49. The maximum atomic E-state index is 6.57. The van der Waals surface area contributed by atoms with Crippen LogP contribution in [0.2, 0.25) is 0 Å². The predicted molar refractivity (Wildman–Crippen MR) is 115 cm³/mol. The molecule has 1 saturated carbocycles. The van der Waals surface area contributed by atoms with Crippen molar-refractivity contribution in [3.05, 3.63) is 47.4 Å². The third-order valence-electron chi connectivity index (χ3n) is 4.69. The number of halogens is 1. The largest absolute Gasteiger partial charge is 0.309 e. The zero-order valence-corrected chi connectivity index (χ0v) is 16.9. The lowest BCUT2D eigenvalue weighted by Gasteiger charge is -2.26. The van der Waals surface area contributed by atoms with Gasteiger partial charge in [0.1, 0.15) is 0 Å². The van der Waals surface area contributed by atoms with E-state index < -0.39 is 0 Å². The topological polar surface area (TPSA) is 12.0 Å². The van der Waals surface area contributed by atoms with Crippen molar-refractivity contribution in [3.63, 3.8) is 0 Å². The second kappa shape index (κ2) is 13.8.